The fourth-order valence-corrected chi connectivity index (χ4v) is 3.39. The number of carbonyl (C=O) groups is 1. The summed E-state index contributed by atoms with van der Waals surface area (Å²) >= 11 is 0. The van der Waals surface area contributed by atoms with Gasteiger partial charge in [0.2, 0.25) is 5.91 Å². The van der Waals surface area contributed by atoms with Crippen LogP contribution in [0.3, 0.4) is 0 Å². The number of carbonyl (C=O) groups excluding carboxylic acids is 1. The van der Waals surface area contributed by atoms with Crippen LogP contribution < -0.4 is 5.32 Å². The summed E-state index contributed by atoms with van der Waals surface area (Å²) in [5.74, 6) is 1.07. The first-order valence-electron chi connectivity index (χ1n) is 10.5. The van der Waals surface area contributed by atoms with Crippen LogP contribution in [-0.2, 0) is 17.8 Å². The lowest BCUT2D eigenvalue weighted by molar-refractivity contribution is -0.117. The fraction of sp³-hybridized carbons (Fsp3) is 0.565. The van der Waals surface area contributed by atoms with Crippen molar-refractivity contribution in [2.75, 3.05) is 6.54 Å². The van der Waals surface area contributed by atoms with Crippen LogP contribution in [0.1, 0.15) is 71.0 Å². The third-order valence-corrected chi connectivity index (χ3v) is 4.97. The minimum Gasteiger partial charge on any atom is -0.352 e. The zero-order valence-electron chi connectivity index (χ0n) is 17.1. The minimum absolute atomic E-state index is 0.0634. The van der Waals surface area contributed by atoms with E-state index in [4.69, 9.17) is 4.98 Å². The highest BCUT2D eigenvalue weighted by Gasteiger charge is 2.10. The summed E-state index contributed by atoms with van der Waals surface area (Å²) in [5, 5.41) is 2.91. The molecule has 0 aliphatic heterocycles. The largest absolute Gasteiger partial charge is 0.352 e. The van der Waals surface area contributed by atoms with Crippen LogP contribution in [0.4, 0.5) is 0 Å². The van der Waals surface area contributed by atoms with E-state index >= 15 is 0 Å². The van der Waals surface area contributed by atoms with Gasteiger partial charge in [0.25, 0.3) is 0 Å². The quantitative estimate of drug-likeness (QED) is 0.379. The van der Waals surface area contributed by atoms with Gasteiger partial charge in [0.15, 0.2) is 0 Å². The number of para-hydroxylation sites is 2. The van der Waals surface area contributed by atoms with E-state index in [2.05, 4.69) is 41.6 Å². The predicted molar refractivity (Wildman–Crippen MR) is 114 cm³/mol. The smallest absolute Gasteiger partial charge is 0.246 e. The van der Waals surface area contributed by atoms with Crippen molar-refractivity contribution in [3.8, 4) is 0 Å². The molecule has 1 amide bonds. The summed E-state index contributed by atoms with van der Waals surface area (Å²) in [6, 6.07) is 8.38. The normalized spacial score (nSPS) is 11.0. The van der Waals surface area contributed by atoms with Crippen LogP contribution in [-0.4, -0.2) is 22.0 Å². The van der Waals surface area contributed by atoms with E-state index in [1.54, 1.807) is 6.92 Å². The van der Waals surface area contributed by atoms with Crippen molar-refractivity contribution in [3.63, 3.8) is 0 Å². The van der Waals surface area contributed by atoms with Gasteiger partial charge in [-0.15, -0.1) is 0 Å². The van der Waals surface area contributed by atoms with Gasteiger partial charge in [-0.05, 0) is 31.9 Å². The molecule has 0 unspecified atom stereocenters. The predicted octanol–water partition coefficient (Wildman–Crippen LogP) is 5.41. The van der Waals surface area contributed by atoms with E-state index < -0.39 is 0 Å². The molecule has 4 heteroatoms. The highest BCUT2D eigenvalue weighted by molar-refractivity contribution is 5.92. The second-order valence-corrected chi connectivity index (χ2v) is 7.43. The summed E-state index contributed by atoms with van der Waals surface area (Å²) in [6.45, 7) is 9.35. The monoisotopic (exact) mass is 369 g/mol. The average Bonchev–Trinajstić information content (AvgIpc) is 3.01. The first-order chi connectivity index (χ1) is 13.1. The number of hydrogen-bond acceptors (Lipinski definition) is 2. The summed E-state index contributed by atoms with van der Waals surface area (Å²) in [4.78, 5) is 16.4. The van der Waals surface area contributed by atoms with Crippen LogP contribution in [0.5, 0.6) is 0 Å². The Morgan fingerprint density at radius 1 is 1.07 bits per heavy atom. The van der Waals surface area contributed by atoms with Gasteiger partial charge in [0.05, 0.1) is 11.0 Å². The number of amides is 1. The maximum atomic E-state index is 11.6. The molecule has 4 nitrogen and oxygen atoms in total. The molecule has 1 N–H and O–H groups in total. The molecule has 0 aliphatic carbocycles. The standard InChI is InChI=1S/C23H35N3O/c1-4-5-6-7-8-9-12-18-26-21-15-11-10-14-20(21)25-22(26)16-13-17-24-23(27)19(2)3/h10-11,14-15H,2,4-9,12-13,16-18H2,1,3H3,(H,24,27). The van der Waals surface area contributed by atoms with E-state index in [9.17, 15) is 4.79 Å². The van der Waals surface area contributed by atoms with E-state index in [0.29, 0.717) is 12.1 Å². The van der Waals surface area contributed by atoms with Gasteiger partial charge in [-0.3, -0.25) is 4.79 Å². The number of fused-ring (bicyclic) bond motifs is 1. The fourth-order valence-electron chi connectivity index (χ4n) is 3.39. The van der Waals surface area contributed by atoms with E-state index in [1.165, 1.54) is 50.5 Å². The number of imidazole rings is 1. The Hall–Kier alpha value is -2.10. The van der Waals surface area contributed by atoms with Gasteiger partial charge in [-0.25, -0.2) is 4.98 Å². The Labute approximate surface area is 164 Å². The Morgan fingerprint density at radius 2 is 1.78 bits per heavy atom. The molecule has 2 aromatic rings. The lowest BCUT2D eigenvalue weighted by Crippen LogP contribution is -2.25. The summed E-state index contributed by atoms with van der Waals surface area (Å²) < 4.78 is 2.38. The minimum atomic E-state index is -0.0634. The average molecular weight is 370 g/mol. The highest BCUT2D eigenvalue weighted by atomic mass is 16.1. The lowest BCUT2D eigenvalue weighted by atomic mass is 10.1. The van der Waals surface area contributed by atoms with Gasteiger partial charge < -0.3 is 9.88 Å². The van der Waals surface area contributed by atoms with Crippen molar-refractivity contribution in [3.05, 3.63) is 42.2 Å². The Kier molecular flexibility index (Phi) is 9.09. The van der Waals surface area contributed by atoms with Crippen molar-refractivity contribution in [1.29, 1.82) is 0 Å². The molecule has 0 spiro atoms. The van der Waals surface area contributed by atoms with Gasteiger partial charge in [0, 0.05) is 25.1 Å². The number of nitrogens with zero attached hydrogens (tertiary/aromatic N) is 2. The van der Waals surface area contributed by atoms with Crippen molar-refractivity contribution in [1.82, 2.24) is 14.9 Å². The number of unbranched alkanes of at least 4 members (excludes halogenated alkanes) is 6. The van der Waals surface area contributed by atoms with Crippen LogP contribution >= 0.6 is 0 Å². The lowest BCUT2D eigenvalue weighted by Gasteiger charge is -2.10. The Balaban J connectivity index is 1.88. The molecule has 0 fully saturated rings. The highest BCUT2D eigenvalue weighted by Crippen LogP contribution is 2.18. The van der Waals surface area contributed by atoms with E-state index in [-0.39, 0.29) is 5.91 Å². The SMILES string of the molecule is C=C(C)C(=O)NCCCc1nc2ccccc2n1CCCCCCCCC. The molecule has 0 bridgehead atoms. The maximum absolute atomic E-state index is 11.6. The molecule has 1 aromatic heterocycles. The van der Waals surface area contributed by atoms with Crippen LogP contribution in [0, 0.1) is 0 Å². The Morgan fingerprint density at radius 3 is 2.52 bits per heavy atom. The topological polar surface area (TPSA) is 46.9 Å². The molecule has 0 saturated carbocycles. The first kappa shape index (κ1) is 21.2. The molecule has 1 aromatic carbocycles. The number of hydrogen-bond donors (Lipinski definition) is 1. The zero-order valence-corrected chi connectivity index (χ0v) is 17.1. The van der Waals surface area contributed by atoms with Gasteiger partial charge in [0.1, 0.15) is 5.82 Å². The number of rotatable bonds is 13. The number of aromatic nitrogens is 2. The molecule has 2 rings (SSSR count). The summed E-state index contributed by atoms with van der Waals surface area (Å²) in [6.07, 6.45) is 11.0. The van der Waals surface area contributed by atoms with Gasteiger partial charge in [-0.1, -0.05) is 64.2 Å². The van der Waals surface area contributed by atoms with Crippen LogP contribution in [0.2, 0.25) is 0 Å². The summed E-state index contributed by atoms with van der Waals surface area (Å²) in [5.41, 5.74) is 2.85. The van der Waals surface area contributed by atoms with Crippen molar-refractivity contribution < 1.29 is 4.79 Å². The van der Waals surface area contributed by atoms with Crippen LogP contribution in [0.25, 0.3) is 11.0 Å². The molecule has 148 valence electrons. The van der Waals surface area contributed by atoms with E-state index in [0.717, 1.165) is 30.7 Å². The maximum Gasteiger partial charge on any atom is 0.246 e. The molecule has 1 heterocycles. The van der Waals surface area contributed by atoms with Gasteiger partial charge >= 0.3 is 0 Å². The third kappa shape index (κ3) is 6.85. The molecule has 0 atom stereocenters. The Bertz CT molecular complexity index is 732. The zero-order chi connectivity index (χ0) is 19.5. The second kappa shape index (κ2) is 11.6. The molecule has 27 heavy (non-hydrogen) atoms. The van der Waals surface area contributed by atoms with Crippen molar-refractivity contribution >= 4 is 16.9 Å². The number of benzene rings is 1. The molecule has 0 saturated heterocycles. The van der Waals surface area contributed by atoms with Gasteiger partial charge in [-0.2, -0.15) is 0 Å². The third-order valence-electron chi connectivity index (χ3n) is 4.97. The van der Waals surface area contributed by atoms with Crippen LogP contribution in [0.15, 0.2) is 36.4 Å². The summed E-state index contributed by atoms with van der Waals surface area (Å²) in [7, 11) is 0. The number of aryl methyl sites for hydroxylation is 2. The van der Waals surface area contributed by atoms with Crippen molar-refractivity contribution in [2.45, 2.75) is 78.2 Å². The number of nitrogens with one attached hydrogen (secondary N) is 1. The molecule has 0 radical (unpaired) electrons. The molecule has 0 aliphatic rings. The second-order valence-electron chi connectivity index (χ2n) is 7.43. The first-order valence-corrected chi connectivity index (χ1v) is 10.5. The molecular weight excluding hydrogens is 334 g/mol. The molecular formula is C23H35N3O. The van der Waals surface area contributed by atoms with E-state index in [1.807, 2.05) is 6.07 Å². The van der Waals surface area contributed by atoms with Crippen molar-refractivity contribution in [2.24, 2.45) is 0 Å².